The Kier molecular flexibility index (Phi) is 7.14. The summed E-state index contributed by atoms with van der Waals surface area (Å²) in [6, 6.07) is 10.1. The summed E-state index contributed by atoms with van der Waals surface area (Å²) in [4.78, 5) is 32.0. The lowest BCUT2D eigenvalue weighted by Crippen LogP contribution is -2.47. The number of carbonyl (C=O) groups is 1. The third kappa shape index (κ3) is 5.31. The minimum Gasteiger partial charge on any atom is -0.375 e. The van der Waals surface area contributed by atoms with Crippen molar-refractivity contribution in [2.45, 2.75) is 71.6 Å². The lowest BCUT2D eigenvalue weighted by Gasteiger charge is -2.29. The molecule has 5 rings (SSSR count). The topological polar surface area (TPSA) is 76.5 Å². The van der Waals surface area contributed by atoms with Crippen LogP contribution in [0, 0.1) is 23.1 Å². The van der Waals surface area contributed by atoms with E-state index < -0.39 is 40.3 Å². The highest BCUT2D eigenvalue weighted by Gasteiger charge is 2.58. The fraction of sp³-hybridized carbons (Fsp3) is 0.452. The number of amides is 1. The largest absolute Gasteiger partial charge is 0.375 e. The van der Waals surface area contributed by atoms with Crippen LogP contribution in [0.5, 0.6) is 0 Å². The van der Waals surface area contributed by atoms with Crippen LogP contribution in [-0.2, 0) is 21.7 Å². The van der Waals surface area contributed by atoms with Crippen LogP contribution in [-0.4, -0.2) is 40.6 Å². The average Bonchev–Trinajstić information content (AvgIpc) is 3.71. The highest BCUT2D eigenvalue weighted by atomic mass is 19.3. The molecular formula is C31H33F3N4O3. The van der Waals surface area contributed by atoms with Crippen LogP contribution in [0.2, 0.25) is 0 Å². The van der Waals surface area contributed by atoms with E-state index in [4.69, 9.17) is 4.74 Å². The van der Waals surface area contributed by atoms with Crippen LogP contribution in [0.3, 0.4) is 0 Å². The molecule has 1 fully saturated rings. The summed E-state index contributed by atoms with van der Waals surface area (Å²) in [6.07, 6.45) is -2.41. The first-order valence-electron chi connectivity index (χ1n) is 13.6. The number of hydrogen-bond donors (Lipinski definition) is 1. The lowest BCUT2D eigenvalue weighted by atomic mass is 9.99. The molecule has 0 radical (unpaired) electrons. The summed E-state index contributed by atoms with van der Waals surface area (Å²) < 4.78 is 49.6. The van der Waals surface area contributed by atoms with Crippen LogP contribution >= 0.6 is 0 Å². The molecule has 1 aromatic heterocycles. The van der Waals surface area contributed by atoms with E-state index >= 15 is 4.39 Å². The number of rotatable bonds is 4. The molecule has 2 aliphatic rings. The van der Waals surface area contributed by atoms with Gasteiger partial charge in [-0.05, 0) is 71.7 Å². The maximum atomic E-state index is 15.4. The van der Waals surface area contributed by atoms with Gasteiger partial charge in [0.15, 0.2) is 5.82 Å². The smallest absolute Gasteiger partial charge is 0.350 e. The van der Waals surface area contributed by atoms with Gasteiger partial charge < -0.3 is 15.0 Å². The van der Waals surface area contributed by atoms with Gasteiger partial charge in [-0.3, -0.25) is 9.36 Å². The predicted molar refractivity (Wildman–Crippen MR) is 151 cm³/mol. The predicted octanol–water partition coefficient (Wildman–Crippen LogP) is 5.25. The first-order valence-corrected chi connectivity index (χ1v) is 13.6. The van der Waals surface area contributed by atoms with E-state index in [0.717, 1.165) is 0 Å². The van der Waals surface area contributed by atoms with E-state index in [2.05, 4.69) is 22.1 Å². The van der Waals surface area contributed by atoms with Crippen LogP contribution in [0.4, 0.5) is 24.7 Å². The molecule has 216 valence electrons. The van der Waals surface area contributed by atoms with E-state index in [9.17, 15) is 18.4 Å². The van der Waals surface area contributed by atoms with Gasteiger partial charge in [0.1, 0.15) is 11.2 Å². The molecule has 10 heteroatoms. The monoisotopic (exact) mass is 566 g/mol. The molecule has 0 spiro atoms. The number of alkyl halides is 2. The molecular weight excluding hydrogens is 533 g/mol. The Morgan fingerprint density at radius 2 is 1.83 bits per heavy atom. The lowest BCUT2D eigenvalue weighted by molar-refractivity contribution is -0.133. The molecule has 1 aliphatic heterocycles. The van der Waals surface area contributed by atoms with Gasteiger partial charge in [-0.1, -0.05) is 24.0 Å². The molecule has 7 nitrogen and oxygen atoms in total. The number of ether oxygens (including phenoxy) is 1. The number of halogens is 3. The first-order chi connectivity index (χ1) is 19.2. The summed E-state index contributed by atoms with van der Waals surface area (Å²) in [5.41, 5.74) is -1.43. The molecule has 2 heterocycles. The maximum absolute atomic E-state index is 15.4. The Labute approximate surface area is 236 Å². The molecule has 0 saturated heterocycles. The number of nitrogens with zero attached hydrogens (tertiary/aromatic N) is 3. The number of hydrogen-bond acceptors (Lipinski definition) is 5. The highest BCUT2D eigenvalue weighted by Crippen LogP contribution is 2.51. The third-order valence-corrected chi connectivity index (χ3v) is 7.52. The molecule has 0 atom stereocenters. The highest BCUT2D eigenvalue weighted by molar-refractivity contribution is 5.93. The van der Waals surface area contributed by atoms with Gasteiger partial charge in [-0.15, -0.1) is 0 Å². The van der Waals surface area contributed by atoms with Crippen molar-refractivity contribution < 1.29 is 22.7 Å². The Morgan fingerprint density at radius 1 is 1.12 bits per heavy atom. The van der Waals surface area contributed by atoms with Gasteiger partial charge >= 0.3 is 5.69 Å². The van der Waals surface area contributed by atoms with Crippen LogP contribution in [0.25, 0.3) is 10.9 Å². The van der Waals surface area contributed by atoms with E-state index in [1.54, 1.807) is 43.0 Å². The van der Waals surface area contributed by atoms with Gasteiger partial charge in [-0.25, -0.2) is 18.0 Å². The SMILES string of the molecule is CC(C)(C#Cc1cccc2c1COCCN2c1nc(=O)n(C(C)(C)C)c2cccc(F)c12)NC(=O)C1(C(F)F)CC1. The minimum absolute atomic E-state index is 0.156. The molecule has 1 N–H and O–H groups in total. The van der Waals surface area contributed by atoms with Crippen molar-refractivity contribution in [3.63, 3.8) is 0 Å². The number of benzene rings is 2. The van der Waals surface area contributed by atoms with E-state index in [1.165, 1.54) is 10.6 Å². The summed E-state index contributed by atoms with van der Waals surface area (Å²) in [6.45, 7) is 9.72. The molecule has 1 saturated carbocycles. The summed E-state index contributed by atoms with van der Waals surface area (Å²) >= 11 is 0. The molecule has 1 aliphatic carbocycles. The fourth-order valence-electron chi connectivity index (χ4n) is 5.17. The van der Waals surface area contributed by atoms with Gasteiger partial charge in [-0.2, -0.15) is 4.98 Å². The quantitative estimate of drug-likeness (QED) is 0.437. The van der Waals surface area contributed by atoms with E-state index in [-0.39, 0.29) is 30.7 Å². The normalized spacial score (nSPS) is 16.6. The second kappa shape index (κ2) is 10.2. The van der Waals surface area contributed by atoms with Crippen molar-refractivity contribution in [3.8, 4) is 11.8 Å². The number of fused-ring (bicyclic) bond motifs is 2. The Hall–Kier alpha value is -3.84. The second-order valence-corrected chi connectivity index (χ2v) is 12.2. The zero-order chi connectivity index (χ0) is 29.7. The number of anilines is 2. The summed E-state index contributed by atoms with van der Waals surface area (Å²) in [5.74, 6) is 5.10. The molecule has 3 aromatic rings. The van der Waals surface area contributed by atoms with Gasteiger partial charge in [0.05, 0.1) is 29.7 Å². The van der Waals surface area contributed by atoms with Crippen molar-refractivity contribution in [1.82, 2.24) is 14.9 Å². The first kappa shape index (κ1) is 28.7. The molecule has 0 bridgehead atoms. The van der Waals surface area contributed by atoms with Gasteiger partial charge in [0.2, 0.25) is 5.91 Å². The van der Waals surface area contributed by atoms with Gasteiger partial charge in [0, 0.05) is 28.9 Å². The van der Waals surface area contributed by atoms with Crippen molar-refractivity contribution in [2.24, 2.45) is 5.41 Å². The average molecular weight is 567 g/mol. The van der Waals surface area contributed by atoms with Crippen LogP contribution in [0.1, 0.15) is 58.6 Å². The summed E-state index contributed by atoms with van der Waals surface area (Å²) in [5, 5.41) is 2.89. The van der Waals surface area contributed by atoms with Crippen molar-refractivity contribution in [1.29, 1.82) is 0 Å². The Balaban J connectivity index is 1.57. The standard InChI is InChI=1S/C31H33F3N4O3/c1-29(2,3)38-23-11-7-9-21(32)24(23)25(35-28(38)40)37-16-17-41-18-20-19(8-6-10-22(20)37)12-13-30(4,5)36-27(39)31(14-15-31)26(33)34/h6-11,26H,14-18H2,1-5H3,(H,36,39). The van der Waals surface area contributed by atoms with Gasteiger partial charge in [0.25, 0.3) is 6.43 Å². The summed E-state index contributed by atoms with van der Waals surface area (Å²) in [7, 11) is 0. The fourth-order valence-corrected chi connectivity index (χ4v) is 5.17. The maximum Gasteiger partial charge on any atom is 0.350 e. The minimum atomic E-state index is -2.72. The molecule has 0 unspecified atom stereocenters. The second-order valence-electron chi connectivity index (χ2n) is 12.2. The third-order valence-electron chi connectivity index (χ3n) is 7.52. The van der Waals surface area contributed by atoms with E-state index in [1.807, 2.05) is 26.8 Å². The van der Waals surface area contributed by atoms with E-state index in [0.29, 0.717) is 35.5 Å². The number of nitrogens with one attached hydrogen (secondary N) is 1. The van der Waals surface area contributed by atoms with Crippen LogP contribution in [0.15, 0.2) is 41.2 Å². The molecule has 41 heavy (non-hydrogen) atoms. The Morgan fingerprint density at radius 3 is 2.49 bits per heavy atom. The van der Waals surface area contributed by atoms with Crippen LogP contribution < -0.4 is 15.9 Å². The zero-order valence-electron chi connectivity index (χ0n) is 23.8. The molecule has 1 amide bonds. The number of carbonyl (C=O) groups excluding carboxylic acids is 1. The zero-order valence-corrected chi connectivity index (χ0v) is 23.8. The van der Waals surface area contributed by atoms with Crippen molar-refractivity contribution in [2.75, 3.05) is 18.1 Å². The molecule has 2 aromatic carbocycles. The van der Waals surface area contributed by atoms with Crippen molar-refractivity contribution >= 4 is 28.3 Å². The van der Waals surface area contributed by atoms with Crippen molar-refractivity contribution in [3.05, 3.63) is 63.8 Å². The Bertz CT molecular complexity index is 1640. The number of aromatic nitrogens is 2.